The van der Waals surface area contributed by atoms with Crippen molar-refractivity contribution in [2.75, 3.05) is 6.61 Å². The molecule has 1 saturated carbocycles. The van der Waals surface area contributed by atoms with Gasteiger partial charge < -0.3 is 4.74 Å². The van der Waals surface area contributed by atoms with Crippen molar-refractivity contribution in [1.82, 2.24) is 4.84 Å². The summed E-state index contributed by atoms with van der Waals surface area (Å²) in [6.07, 6.45) is 1.14. The monoisotopic (exact) mass is 211 g/mol. The van der Waals surface area contributed by atoms with Crippen LogP contribution in [0.4, 0.5) is 0 Å². The van der Waals surface area contributed by atoms with E-state index in [-0.39, 0.29) is 0 Å². The van der Waals surface area contributed by atoms with Gasteiger partial charge in [0.15, 0.2) is 0 Å². The van der Waals surface area contributed by atoms with Crippen LogP contribution in [0.25, 0.3) is 0 Å². The molecule has 3 heteroatoms. The molecule has 0 saturated heterocycles. The molecule has 2 nitrogen and oxygen atoms in total. The zero-order valence-corrected chi connectivity index (χ0v) is 8.92. The van der Waals surface area contributed by atoms with E-state index in [1.165, 1.54) is 5.56 Å². The predicted octanol–water partition coefficient (Wildman–Crippen LogP) is 2.68. The van der Waals surface area contributed by atoms with Crippen LogP contribution < -0.4 is 9.57 Å². The lowest BCUT2D eigenvalue weighted by molar-refractivity contribution is 0.340. The number of rotatable bonds is 4. The Labute approximate surface area is 89.3 Å². The standard InChI is InChI=1S/C11H14ClNO/c1-2-14-9-5-3-8(4-6-9)10-7-11(10)13-12/h3-6,10-11,13H,2,7H2,1H3. The molecule has 0 heterocycles. The first-order valence-corrected chi connectivity index (χ1v) is 5.32. The van der Waals surface area contributed by atoms with E-state index in [9.17, 15) is 0 Å². The highest BCUT2D eigenvalue weighted by atomic mass is 35.5. The lowest BCUT2D eigenvalue weighted by atomic mass is 10.1. The van der Waals surface area contributed by atoms with Gasteiger partial charge in [0.2, 0.25) is 0 Å². The smallest absolute Gasteiger partial charge is 0.119 e. The van der Waals surface area contributed by atoms with Crippen LogP contribution in [0.2, 0.25) is 0 Å². The number of hydrogen-bond acceptors (Lipinski definition) is 2. The van der Waals surface area contributed by atoms with Gasteiger partial charge in [0.05, 0.1) is 6.61 Å². The molecule has 2 rings (SSSR count). The minimum Gasteiger partial charge on any atom is -0.494 e. The highest BCUT2D eigenvalue weighted by molar-refractivity contribution is 6.13. The van der Waals surface area contributed by atoms with Gasteiger partial charge >= 0.3 is 0 Å². The molecule has 0 aromatic heterocycles. The molecule has 0 radical (unpaired) electrons. The van der Waals surface area contributed by atoms with Gasteiger partial charge in [-0.25, -0.2) is 4.84 Å². The summed E-state index contributed by atoms with van der Waals surface area (Å²) in [7, 11) is 0. The Morgan fingerprint density at radius 1 is 1.43 bits per heavy atom. The van der Waals surface area contributed by atoms with Gasteiger partial charge in [-0.1, -0.05) is 12.1 Å². The lowest BCUT2D eigenvalue weighted by Gasteiger charge is -2.04. The Morgan fingerprint density at radius 3 is 2.64 bits per heavy atom. The molecular weight excluding hydrogens is 198 g/mol. The Hall–Kier alpha value is -0.730. The second-order valence-electron chi connectivity index (χ2n) is 3.56. The summed E-state index contributed by atoms with van der Waals surface area (Å²) in [6.45, 7) is 2.71. The van der Waals surface area contributed by atoms with Gasteiger partial charge in [-0.3, -0.25) is 0 Å². The minimum atomic E-state index is 0.453. The highest BCUT2D eigenvalue weighted by Gasteiger charge is 2.37. The molecule has 0 bridgehead atoms. The maximum absolute atomic E-state index is 5.55. The Bertz CT molecular complexity index is 299. The molecule has 1 N–H and O–H groups in total. The SMILES string of the molecule is CCOc1ccc(C2CC2NCl)cc1. The number of benzene rings is 1. The second kappa shape index (κ2) is 4.20. The van der Waals surface area contributed by atoms with Gasteiger partial charge in [0.1, 0.15) is 5.75 Å². The van der Waals surface area contributed by atoms with Crippen LogP contribution in [0, 0.1) is 0 Å². The number of ether oxygens (including phenoxy) is 1. The summed E-state index contributed by atoms with van der Waals surface area (Å²) in [5.41, 5.74) is 1.34. The van der Waals surface area contributed by atoms with Crippen LogP contribution in [0.15, 0.2) is 24.3 Å². The van der Waals surface area contributed by atoms with E-state index in [0.29, 0.717) is 18.6 Å². The summed E-state index contributed by atoms with van der Waals surface area (Å²) in [6, 6.07) is 8.72. The fourth-order valence-electron chi connectivity index (χ4n) is 1.66. The second-order valence-corrected chi connectivity index (χ2v) is 3.78. The maximum Gasteiger partial charge on any atom is 0.119 e. The molecule has 1 aliphatic carbocycles. The first kappa shape index (κ1) is 9.81. The average Bonchev–Trinajstić information content (AvgIpc) is 2.99. The van der Waals surface area contributed by atoms with Crippen LogP contribution in [-0.4, -0.2) is 12.6 Å². The third-order valence-corrected chi connectivity index (χ3v) is 2.83. The van der Waals surface area contributed by atoms with Crippen molar-refractivity contribution in [2.24, 2.45) is 0 Å². The van der Waals surface area contributed by atoms with E-state index >= 15 is 0 Å². The van der Waals surface area contributed by atoms with Gasteiger partial charge in [-0.15, -0.1) is 0 Å². The zero-order chi connectivity index (χ0) is 9.97. The molecule has 14 heavy (non-hydrogen) atoms. The first-order valence-electron chi connectivity index (χ1n) is 4.94. The molecule has 2 atom stereocenters. The molecule has 1 aromatic rings. The Morgan fingerprint density at radius 2 is 2.14 bits per heavy atom. The normalized spacial score (nSPS) is 24.7. The topological polar surface area (TPSA) is 21.3 Å². The van der Waals surface area contributed by atoms with Gasteiger partial charge in [0.25, 0.3) is 0 Å². The third kappa shape index (κ3) is 2.02. The molecule has 76 valence electrons. The van der Waals surface area contributed by atoms with Crippen LogP contribution in [0.5, 0.6) is 5.75 Å². The molecule has 0 spiro atoms. The van der Waals surface area contributed by atoms with Crippen molar-refractivity contribution in [2.45, 2.75) is 25.3 Å². The van der Waals surface area contributed by atoms with Crippen molar-refractivity contribution < 1.29 is 4.74 Å². The minimum absolute atomic E-state index is 0.453. The van der Waals surface area contributed by atoms with Gasteiger partial charge in [-0.05, 0) is 42.8 Å². The van der Waals surface area contributed by atoms with Crippen molar-refractivity contribution in [3.8, 4) is 5.75 Å². The largest absolute Gasteiger partial charge is 0.494 e. The Kier molecular flexibility index (Phi) is 2.94. The molecule has 0 aliphatic heterocycles. The molecule has 2 unspecified atom stereocenters. The van der Waals surface area contributed by atoms with Gasteiger partial charge in [-0.2, -0.15) is 0 Å². The van der Waals surface area contributed by atoms with Gasteiger partial charge in [0, 0.05) is 12.0 Å². The summed E-state index contributed by atoms with van der Waals surface area (Å²) in [5.74, 6) is 1.52. The zero-order valence-electron chi connectivity index (χ0n) is 8.16. The molecule has 1 fully saturated rings. The number of hydrogen-bond donors (Lipinski definition) is 1. The van der Waals surface area contributed by atoms with Crippen LogP contribution >= 0.6 is 11.8 Å². The van der Waals surface area contributed by atoms with E-state index in [0.717, 1.165) is 12.2 Å². The lowest BCUT2D eigenvalue weighted by Crippen LogP contribution is -2.03. The van der Waals surface area contributed by atoms with E-state index in [2.05, 4.69) is 17.0 Å². The van der Waals surface area contributed by atoms with E-state index < -0.39 is 0 Å². The predicted molar refractivity (Wildman–Crippen MR) is 57.7 cm³/mol. The summed E-state index contributed by atoms with van der Waals surface area (Å²) >= 11 is 5.55. The maximum atomic E-state index is 5.55. The van der Waals surface area contributed by atoms with Crippen molar-refractivity contribution in [3.63, 3.8) is 0 Å². The fraction of sp³-hybridized carbons (Fsp3) is 0.455. The molecule has 0 amide bonds. The number of halogens is 1. The number of nitrogens with one attached hydrogen (secondary N) is 1. The third-order valence-electron chi connectivity index (χ3n) is 2.55. The quantitative estimate of drug-likeness (QED) is 0.774. The summed E-state index contributed by atoms with van der Waals surface area (Å²) in [5, 5.41) is 0. The first-order chi connectivity index (χ1) is 6.85. The molecule has 1 aliphatic rings. The van der Waals surface area contributed by atoms with Crippen molar-refractivity contribution >= 4 is 11.8 Å². The van der Waals surface area contributed by atoms with Crippen molar-refractivity contribution in [3.05, 3.63) is 29.8 Å². The van der Waals surface area contributed by atoms with Crippen LogP contribution in [0.1, 0.15) is 24.8 Å². The van der Waals surface area contributed by atoms with E-state index in [4.69, 9.17) is 16.5 Å². The summed E-state index contributed by atoms with van der Waals surface area (Å²) < 4.78 is 5.37. The van der Waals surface area contributed by atoms with E-state index in [1.54, 1.807) is 0 Å². The average molecular weight is 212 g/mol. The Balaban J connectivity index is 2.00. The highest BCUT2D eigenvalue weighted by Crippen LogP contribution is 2.41. The molecule has 1 aromatic carbocycles. The van der Waals surface area contributed by atoms with E-state index in [1.807, 2.05) is 19.1 Å². The van der Waals surface area contributed by atoms with Crippen LogP contribution in [0.3, 0.4) is 0 Å². The summed E-state index contributed by atoms with van der Waals surface area (Å²) in [4.78, 5) is 2.77. The van der Waals surface area contributed by atoms with Crippen molar-refractivity contribution in [1.29, 1.82) is 0 Å². The van der Waals surface area contributed by atoms with Crippen LogP contribution in [-0.2, 0) is 0 Å². The fourth-order valence-corrected chi connectivity index (χ4v) is 1.90. The molecular formula is C11H14ClNO.